The SMILES string of the molecule is Cc1ccc(N)cc1S(=O)Cc1cc(Cl)ccc1[N+](=O)[O-]. The summed E-state index contributed by atoms with van der Waals surface area (Å²) in [6, 6.07) is 9.35. The average Bonchev–Trinajstić information content (AvgIpc) is 2.41. The summed E-state index contributed by atoms with van der Waals surface area (Å²) < 4.78 is 12.5. The van der Waals surface area contributed by atoms with Gasteiger partial charge in [0.2, 0.25) is 0 Å². The van der Waals surface area contributed by atoms with Gasteiger partial charge in [-0.05, 0) is 36.8 Å². The van der Waals surface area contributed by atoms with Crippen LogP contribution in [0.3, 0.4) is 0 Å². The van der Waals surface area contributed by atoms with Gasteiger partial charge in [0, 0.05) is 27.2 Å². The Balaban J connectivity index is 2.38. The molecular formula is C14H13ClN2O3S. The normalized spacial score (nSPS) is 12.1. The molecule has 2 aromatic rings. The maximum Gasteiger partial charge on any atom is 0.273 e. The van der Waals surface area contributed by atoms with Gasteiger partial charge in [-0.25, -0.2) is 0 Å². The molecule has 0 spiro atoms. The lowest BCUT2D eigenvalue weighted by molar-refractivity contribution is -0.385. The molecule has 7 heteroatoms. The molecule has 0 saturated heterocycles. The monoisotopic (exact) mass is 324 g/mol. The topological polar surface area (TPSA) is 86.2 Å². The van der Waals surface area contributed by atoms with Crippen LogP contribution in [0, 0.1) is 17.0 Å². The number of benzene rings is 2. The van der Waals surface area contributed by atoms with Gasteiger partial charge in [-0.3, -0.25) is 14.3 Å². The van der Waals surface area contributed by atoms with Crippen LogP contribution in [0.2, 0.25) is 5.02 Å². The Morgan fingerprint density at radius 1 is 1.29 bits per heavy atom. The molecule has 0 aliphatic rings. The molecule has 1 unspecified atom stereocenters. The molecule has 2 N–H and O–H groups in total. The van der Waals surface area contributed by atoms with Crippen molar-refractivity contribution in [3.8, 4) is 0 Å². The molecule has 0 amide bonds. The third kappa shape index (κ3) is 3.59. The highest BCUT2D eigenvalue weighted by atomic mass is 35.5. The fourth-order valence-electron chi connectivity index (χ4n) is 1.93. The number of nitro benzene ring substituents is 1. The smallest absolute Gasteiger partial charge is 0.273 e. The summed E-state index contributed by atoms with van der Waals surface area (Å²) in [5.74, 6) is 0.0150. The summed E-state index contributed by atoms with van der Waals surface area (Å²) in [6.45, 7) is 1.82. The zero-order valence-electron chi connectivity index (χ0n) is 11.2. The molecule has 0 aromatic heterocycles. The summed E-state index contributed by atoms with van der Waals surface area (Å²) >= 11 is 5.87. The van der Waals surface area contributed by atoms with E-state index in [0.717, 1.165) is 5.56 Å². The third-order valence-electron chi connectivity index (χ3n) is 2.98. The molecule has 1 atom stereocenters. The number of nitrogens with two attached hydrogens (primary N) is 1. The minimum absolute atomic E-state index is 0.0150. The van der Waals surface area contributed by atoms with Gasteiger partial charge >= 0.3 is 0 Å². The van der Waals surface area contributed by atoms with E-state index in [9.17, 15) is 14.3 Å². The van der Waals surface area contributed by atoms with Crippen molar-refractivity contribution in [1.82, 2.24) is 0 Å². The fourth-order valence-corrected chi connectivity index (χ4v) is 3.49. The summed E-state index contributed by atoms with van der Waals surface area (Å²) in [4.78, 5) is 11.1. The van der Waals surface area contributed by atoms with E-state index in [4.69, 9.17) is 17.3 Å². The maximum absolute atomic E-state index is 12.5. The highest BCUT2D eigenvalue weighted by Crippen LogP contribution is 2.26. The molecule has 110 valence electrons. The van der Waals surface area contributed by atoms with E-state index in [1.807, 2.05) is 6.92 Å². The van der Waals surface area contributed by atoms with Crippen molar-refractivity contribution in [2.45, 2.75) is 17.6 Å². The van der Waals surface area contributed by atoms with Crippen molar-refractivity contribution >= 4 is 33.8 Å². The Morgan fingerprint density at radius 2 is 2.00 bits per heavy atom. The van der Waals surface area contributed by atoms with Gasteiger partial charge in [0.05, 0.1) is 21.5 Å². The first-order chi connectivity index (χ1) is 9.88. The average molecular weight is 325 g/mol. The molecule has 0 saturated carbocycles. The minimum atomic E-state index is -1.43. The molecule has 0 aliphatic heterocycles. The fraction of sp³-hybridized carbons (Fsp3) is 0.143. The number of hydrogen-bond acceptors (Lipinski definition) is 4. The van der Waals surface area contributed by atoms with Crippen molar-refractivity contribution in [2.75, 3.05) is 5.73 Å². The van der Waals surface area contributed by atoms with Crippen LogP contribution >= 0.6 is 11.6 Å². The van der Waals surface area contributed by atoms with Gasteiger partial charge in [-0.1, -0.05) is 17.7 Å². The van der Waals surface area contributed by atoms with Gasteiger partial charge < -0.3 is 5.73 Å². The van der Waals surface area contributed by atoms with Crippen LogP contribution < -0.4 is 5.73 Å². The number of nitro groups is 1. The van der Waals surface area contributed by atoms with Crippen molar-refractivity contribution in [1.29, 1.82) is 0 Å². The molecule has 0 fully saturated rings. The van der Waals surface area contributed by atoms with Crippen molar-refractivity contribution in [3.63, 3.8) is 0 Å². The second-order valence-electron chi connectivity index (χ2n) is 4.54. The molecule has 0 aliphatic carbocycles. The number of aryl methyl sites for hydroxylation is 1. The second kappa shape index (κ2) is 6.24. The van der Waals surface area contributed by atoms with E-state index in [0.29, 0.717) is 21.2 Å². The lowest BCUT2D eigenvalue weighted by Crippen LogP contribution is -2.03. The molecule has 5 nitrogen and oxygen atoms in total. The van der Waals surface area contributed by atoms with Gasteiger partial charge in [-0.15, -0.1) is 0 Å². The number of anilines is 1. The van der Waals surface area contributed by atoms with Crippen LogP contribution in [0.5, 0.6) is 0 Å². The highest BCUT2D eigenvalue weighted by Gasteiger charge is 2.18. The Hall–Kier alpha value is -1.92. The van der Waals surface area contributed by atoms with E-state index < -0.39 is 15.7 Å². The van der Waals surface area contributed by atoms with Gasteiger partial charge in [-0.2, -0.15) is 0 Å². The Kier molecular flexibility index (Phi) is 4.59. The van der Waals surface area contributed by atoms with Crippen molar-refractivity contribution < 1.29 is 9.13 Å². The van der Waals surface area contributed by atoms with Crippen LogP contribution in [0.15, 0.2) is 41.3 Å². The van der Waals surface area contributed by atoms with Crippen LogP contribution in [0.1, 0.15) is 11.1 Å². The van der Waals surface area contributed by atoms with Crippen LogP contribution in [0.4, 0.5) is 11.4 Å². The standard InChI is InChI=1S/C14H13ClN2O3S/c1-9-2-4-12(16)7-14(9)21(20)8-10-6-11(15)3-5-13(10)17(18)19/h2-7H,8,16H2,1H3. The molecule has 2 rings (SSSR count). The zero-order chi connectivity index (χ0) is 15.6. The summed E-state index contributed by atoms with van der Waals surface area (Å²) in [5, 5.41) is 11.4. The van der Waals surface area contributed by atoms with E-state index in [-0.39, 0.29) is 11.4 Å². The lowest BCUT2D eigenvalue weighted by Gasteiger charge is -2.08. The van der Waals surface area contributed by atoms with Crippen molar-refractivity contribution in [2.24, 2.45) is 0 Å². The molecule has 0 radical (unpaired) electrons. The van der Waals surface area contributed by atoms with E-state index in [1.54, 1.807) is 18.2 Å². The third-order valence-corrected chi connectivity index (χ3v) is 4.72. The van der Waals surface area contributed by atoms with Gasteiger partial charge in [0.15, 0.2) is 0 Å². The van der Waals surface area contributed by atoms with E-state index >= 15 is 0 Å². The summed E-state index contributed by atoms with van der Waals surface area (Å²) in [7, 11) is -1.43. The molecular weight excluding hydrogens is 312 g/mol. The summed E-state index contributed by atoms with van der Waals surface area (Å²) in [5.41, 5.74) is 7.28. The number of hydrogen-bond donors (Lipinski definition) is 1. The molecule has 2 aromatic carbocycles. The molecule has 0 bridgehead atoms. The number of nitrogens with zero attached hydrogens (tertiary/aromatic N) is 1. The largest absolute Gasteiger partial charge is 0.399 e. The van der Waals surface area contributed by atoms with E-state index in [1.165, 1.54) is 18.2 Å². The minimum Gasteiger partial charge on any atom is -0.399 e. The first-order valence-electron chi connectivity index (χ1n) is 6.06. The predicted molar refractivity (Wildman–Crippen MR) is 83.8 cm³/mol. The zero-order valence-corrected chi connectivity index (χ0v) is 12.8. The Morgan fingerprint density at radius 3 is 2.67 bits per heavy atom. The molecule has 0 heterocycles. The number of nitrogen functional groups attached to an aromatic ring is 1. The van der Waals surface area contributed by atoms with Gasteiger partial charge in [0.25, 0.3) is 5.69 Å². The first kappa shape index (κ1) is 15.5. The quantitative estimate of drug-likeness (QED) is 0.530. The first-order valence-corrected chi connectivity index (χ1v) is 7.75. The van der Waals surface area contributed by atoms with E-state index in [2.05, 4.69) is 0 Å². The Bertz CT molecular complexity index is 734. The summed E-state index contributed by atoms with van der Waals surface area (Å²) in [6.07, 6.45) is 0. The van der Waals surface area contributed by atoms with Crippen LogP contribution in [-0.4, -0.2) is 9.13 Å². The molecule has 21 heavy (non-hydrogen) atoms. The second-order valence-corrected chi connectivity index (χ2v) is 6.40. The predicted octanol–water partition coefficient (Wildman–Crippen LogP) is 3.45. The number of rotatable bonds is 4. The lowest BCUT2D eigenvalue weighted by atomic mass is 10.2. The van der Waals surface area contributed by atoms with Crippen LogP contribution in [0.25, 0.3) is 0 Å². The van der Waals surface area contributed by atoms with Crippen LogP contribution in [-0.2, 0) is 16.6 Å². The highest BCUT2D eigenvalue weighted by molar-refractivity contribution is 7.84. The maximum atomic E-state index is 12.5. The number of halogens is 1. The van der Waals surface area contributed by atoms with Crippen molar-refractivity contribution in [3.05, 3.63) is 62.7 Å². The Labute approximate surface area is 129 Å². The van der Waals surface area contributed by atoms with Gasteiger partial charge in [0.1, 0.15) is 0 Å².